The molecule has 8 heteroatoms. The molecule has 0 aliphatic carbocycles. The van der Waals surface area contributed by atoms with Gasteiger partial charge in [0.25, 0.3) is 11.1 Å². The number of thioether (sulfide) groups is 1. The molecule has 0 atom stereocenters. The van der Waals surface area contributed by atoms with Crippen LogP contribution in [0, 0.1) is 5.92 Å². The van der Waals surface area contributed by atoms with Gasteiger partial charge in [-0.3, -0.25) is 24.1 Å². The van der Waals surface area contributed by atoms with Crippen LogP contribution in [0.2, 0.25) is 0 Å². The van der Waals surface area contributed by atoms with Crippen LogP contribution in [0.5, 0.6) is 0 Å². The SMILES string of the molecule is CC1CCN(C(=O)CN2C(=O)S/C(=C\c3coc4ccccc4c3=O)C2=O)CC1. The molecule has 0 spiro atoms. The maximum Gasteiger partial charge on any atom is 0.294 e. The zero-order valence-corrected chi connectivity index (χ0v) is 16.7. The van der Waals surface area contributed by atoms with Crippen LogP contribution < -0.4 is 5.43 Å². The van der Waals surface area contributed by atoms with Gasteiger partial charge in [-0.2, -0.15) is 0 Å². The third kappa shape index (κ3) is 3.85. The number of rotatable bonds is 3. The smallest absolute Gasteiger partial charge is 0.294 e. The van der Waals surface area contributed by atoms with Gasteiger partial charge in [0.05, 0.1) is 15.9 Å². The van der Waals surface area contributed by atoms with E-state index < -0.39 is 11.1 Å². The highest BCUT2D eigenvalue weighted by atomic mass is 32.2. The van der Waals surface area contributed by atoms with Gasteiger partial charge in [-0.25, -0.2) is 0 Å². The van der Waals surface area contributed by atoms with Gasteiger partial charge in [0.2, 0.25) is 5.91 Å². The van der Waals surface area contributed by atoms with Gasteiger partial charge >= 0.3 is 0 Å². The summed E-state index contributed by atoms with van der Waals surface area (Å²) in [6.07, 6.45) is 4.48. The minimum atomic E-state index is -0.564. The highest BCUT2D eigenvalue weighted by Gasteiger charge is 2.37. The first kappa shape index (κ1) is 19.4. The lowest BCUT2D eigenvalue weighted by Gasteiger charge is -2.31. The van der Waals surface area contributed by atoms with E-state index in [0.717, 1.165) is 29.5 Å². The second-order valence-corrected chi connectivity index (χ2v) is 8.34. The molecule has 2 aromatic rings. The molecule has 0 N–H and O–H groups in total. The first-order chi connectivity index (χ1) is 13.9. The highest BCUT2D eigenvalue weighted by Crippen LogP contribution is 2.32. The van der Waals surface area contributed by atoms with E-state index in [1.54, 1.807) is 29.2 Å². The summed E-state index contributed by atoms with van der Waals surface area (Å²) in [5.74, 6) is -0.218. The van der Waals surface area contributed by atoms with Crippen LogP contribution in [0.1, 0.15) is 25.3 Å². The van der Waals surface area contributed by atoms with Gasteiger partial charge in [-0.15, -0.1) is 0 Å². The van der Waals surface area contributed by atoms with Crippen molar-refractivity contribution in [3.05, 3.63) is 51.2 Å². The molecular formula is C21H20N2O5S. The average molecular weight is 412 g/mol. The molecule has 3 heterocycles. The molecule has 150 valence electrons. The number of carbonyl (C=O) groups excluding carboxylic acids is 3. The number of amides is 3. The monoisotopic (exact) mass is 412 g/mol. The number of likely N-dealkylation sites (tertiary alicyclic amines) is 1. The standard InChI is InChI=1S/C21H20N2O5S/c1-13-6-8-22(9-7-13)18(24)11-23-20(26)17(29-21(23)27)10-14-12-28-16-5-3-2-4-15(16)19(14)25/h2-5,10,12-13H,6-9,11H2,1H3/b17-10-. The van der Waals surface area contributed by atoms with E-state index in [1.165, 1.54) is 12.3 Å². The molecule has 2 fully saturated rings. The van der Waals surface area contributed by atoms with Crippen molar-refractivity contribution < 1.29 is 18.8 Å². The number of hydrogen-bond acceptors (Lipinski definition) is 6. The first-order valence-electron chi connectivity index (χ1n) is 9.47. The summed E-state index contributed by atoms with van der Waals surface area (Å²) in [5, 5.41) is -0.111. The second kappa shape index (κ2) is 7.87. The van der Waals surface area contributed by atoms with E-state index in [1.807, 2.05) is 0 Å². The second-order valence-electron chi connectivity index (χ2n) is 7.35. The Balaban J connectivity index is 1.53. The third-order valence-electron chi connectivity index (χ3n) is 5.30. The summed E-state index contributed by atoms with van der Waals surface area (Å²) in [4.78, 5) is 52.9. The fourth-order valence-electron chi connectivity index (χ4n) is 3.46. The van der Waals surface area contributed by atoms with Gasteiger partial charge in [0.15, 0.2) is 5.43 Å². The van der Waals surface area contributed by atoms with Crippen molar-refractivity contribution >= 4 is 45.9 Å². The Morgan fingerprint density at radius 2 is 1.93 bits per heavy atom. The van der Waals surface area contributed by atoms with Crippen molar-refractivity contribution in [2.75, 3.05) is 19.6 Å². The molecule has 29 heavy (non-hydrogen) atoms. The number of para-hydroxylation sites is 1. The van der Waals surface area contributed by atoms with Gasteiger partial charge in [0.1, 0.15) is 18.4 Å². The number of hydrogen-bond donors (Lipinski definition) is 0. The molecule has 0 bridgehead atoms. The third-order valence-corrected chi connectivity index (χ3v) is 6.20. The molecule has 0 radical (unpaired) electrons. The summed E-state index contributed by atoms with van der Waals surface area (Å²) < 4.78 is 5.45. The summed E-state index contributed by atoms with van der Waals surface area (Å²) in [5.41, 5.74) is 0.354. The number of imide groups is 1. The van der Waals surface area contributed by atoms with Gasteiger partial charge in [0, 0.05) is 13.1 Å². The average Bonchev–Trinajstić information content (AvgIpc) is 2.98. The topological polar surface area (TPSA) is 87.9 Å². The van der Waals surface area contributed by atoms with Crippen LogP contribution in [0.15, 0.2) is 44.6 Å². The van der Waals surface area contributed by atoms with Crippen molar-refractivity contribution in [2.24, 2.45) is 5.92 Å². The lowest BCUT2D eigenvalue weighted by molar-refractivity contribution is -0.136. The molecule has 2 saturated heterocycles. The summed E-state index contributed by atoms with van der Waals surface area (Å²) >= 11 is 0.727. The van der Waals surface area contributed by atoms with E-state index in [4.69, 9.17) is 4.42 Å². The first-order valence-corrected chi connectivity index (χ1v) is 10.3. The lowest BCUT2D eigenvalue weighted by Crippen LogP contribution is -2.45. The molecule has 3 amide bonds. The lowest BCUT2D eigenvalue weighted by atomic mass is 9.99. The Hall–Kier alpha value is -2.87. The van der Waals surface area contributed by atoms with Gasteiger partial charge < -0.3 is 9.32 Å². The van der Waals surface area contributed by atoms with Crippen LogP contribution >= 0.6 is 11.8 Å². The molecule has 2 aliphatic heterocycles. The molecule has 0 saturated carbocycles. The predicted octanol–water partition coefficient (Wildman–Crippen LogP) is 3.09. The van der Waals surface area contributed by atoms with Gasteiger partial charge in [-0.05, 0) is 48.7 Å². The summed E-state index contributed by atoms with van der Waals surface area (Å²) in [6, 6.07) is 6.81. The molecular weight excluding hydrogens is 392 g/mol. The fraction of sp³-hybridized carbons (Fsp3) is 0.333. The quantitative estimate of drug-likeness (QED) is 0.720. The molecule has 7 nitrogen and oxygen atoms in total. The van der Waals surface area contributed by atoms with E-state index in [9.17, 15) is 19.2 Å². The molecule has 1 aromatic carbocycles. The fourth-order valence-corrected chi connectivity index (χ4v) is 4.29. The van der Waals surface area contributed by atoms with Crippen molar-refractivity contribution in [1.82, 2.24) is 9.80 Å². The van der Waals surface area contributed by atoms with Crippen LogP contribution in [0.25, 0.3) is 17.0 Å². The van der Waals surface area contributed by atoms with Crippen LogP contribution in [0.4, 0.5) is 4.79 Å². The molecule has 0 unspecified atom stereocenters. The Morgan fingerprint density at radius 3 is 2.69 bits per heavy atom. The van der Waals surface area contributed by atoms with Crippen LogP contribution in [-0.2, 0) is 9.59 Å². The van der Waals surface area contributed by atoms with Crippen molar-refractivity contribution in [3.63, 3.8) is 0 Å². The zero-order valence-electron chi connectivity index (χ0n) is 15.9. The Bertz CT molecular complexity index is 1080. The predicted molar refractivity (Wildman–Crippen MR) is 110 cm³/mol. The maximum absolute atomic E-state index is 12.7. The maximum atomic E-state index is 12.7. The Morgan fingerprint density at radius 1 is 1.21 bits per heavy atom. The van der Waals surface area contributed by atoms with Gasteiger partial charge in [-0.1, -0.05) is 19.1 Å². The van der Waals surface area contributed by atoms with Crippen molar-refractivity contribution in [1.29, 1.82) is 0 Å². The Labute approximate surface area is 171 Å². The molecule has 4 rings (SSSR count). The van der Waals surface area contributed by atoms with E-state index >= 15 is 0 Å². The number of carbonyl (C=O) groups is 3. The zero-order chi connectivity index (χ0) is 20.5. The summed E-state index contributed by atoms with van der Waals surface area (Å²) in [6.45, 7) is 3.16. The van der Waals surface area contributed by atoms with Crippen molar-refractivity contribution in [2.45, 2.75) is 19.8 Å². The highest BCUT2D eigenvalue weighted by molar-refractivity contribution is 8.18. The van der Waals surface area contributed by atoms with Crippen LogP contribution in [-0.4, -0.2) is 46.5 Å². The van der Waals surface area contributed by atoms with Crippen LogP contribution in [0.3, 0.4) is 0 Å². The number of benzene rings is 1. The normalized spacial score (nSPS) is 19.6. The summed E-state index contributed by atoms with van der Waals surface area (Å²) in [7, 11) is 0. The molecule has 2 aliphatic rings. The minimum Gasteiger partial charge on any atom is -0.463 e. The Kier molecular flexibility index (Phi) is 5.27. The number of nitrogens with zero attached hydrogens (tertiary/aromatic N) is 2. The number of fused-ring (bicyclic) bond motifs is 1. The van der Waals surface area contributed by atoms with E-state index in [0.29, 0.717) is 30.0 Å². The minimum absolute atomic E-state index is 0.109. The molecule has 1 aromatic heterocycles. The van der Waals surface area contributed by atoms with Crippen molar-refractivity contribution in [3.8, 4) is 0 Å². The largest absolute Gasteiger partial charge is 0.463 e. The van der Waals surface area contributed by atoms with E-state index in [2.05, 4.69) is 6.92 Å². The van der Waals surface area contributed by atoms with E-state index in [-0.39, 0.29) is 28.3 Å². The number of piperidine rings is 1.